The molecular weight excluding hydrogens is 248 g/mol. The molecule has 20 heavy (non-hydrogen) atoms. The van der Waals surface area contributed by atoms with Gasteiger partial charge in [-0.1, -0.05) is 13.3 Å². The first kappa shape index (κ1) is 17.9. The lowest BCUT2D eigenvalue weighted by Crippen LogP contribution is -2.53. The Labute approximate surface area is 126 Å². The first-order valence-electron chi connectivity index (χ1n) is 8.37. The molecule has 1 aliphatic rings. The van der Waals surface area contributed by atoms with Gasteiger partial charge < -0.3 is 10.2 Å². The van der Waals surface area contributed by atoms with Gasteiger partial charge in [-0.05, 0) is 34.4 Å². The minimum Gasteiger partial charge on any atom is -0.313 e. The van der Waals surface area contributed by atoms with Crippen LogP contribution >= 0.6 is 0 Å². The second-order valence-electron chi connectivity index (χ2n) is 6.63. The van der Waals surface area contributed by atoms with E-state index in [0.29, 0.717) is 12.1 Å². The quantitative estimate of drug-likeness (QED) is 0.689. The zero-order chi connectivity index (χ0) is 15.0. The molecule has 1 aliphatic heterocycles. The van der Waals surface area contributed by atoms with E-state index in [0.717, 1.165) is 6.54 Å². The lowest BCUT2D eigenvalue weighted by atomic mass is 10.1. The fraction of sp³-hybridized carbons (Fsp3) is 1.00. The van der Waals surface area contributed by atoms with Gasteiger partial charge >= 0.3 is 0 Å². The van der Waals surface area contributed by atoms with Gasteiger partial charge in [-0.2, -0.15) is 0 Å². The summed E-state index contributed by atoms with van der Waals surface area (Å²) in [5.41, 5.74) is 0. The van der Waals surface area contributed by atoms with E-state index in [4.69, 9.17) is 0 Å². The average molecular weight is 284 g/mol. The molecule has 1 rings (SSSR count). The summed E-state index contributed by atoms with van der Waals surface area (Å²) in [6.07, 6.45) is 2.55. The lowest BCUT2D eigenvalue weighted by molar-refractivity contribution is 0.0960. The Kier molecular flexibility index (Phi) is 8.69. The molecule has 0 saturated carbocycles. The summed E-state index contributed by atoms with van der Waals surface area (Å²) < 4.78 is 0. The molecule has 0 aromatic rings. The summed E-state index contributed by atoms with van der Waals surface area (Å²) >= 11 is 0. The highest BCUT2D eigenvalue weighted by Crippen LogP contribution is 2.06. The van der Waals surface area contributed by atoms with Crippen molar-refractivity contribution in [1.82, 2.24) is 20.0 Å². The van der Waals surface area contributed by atoms with Gasteiger partial charge in [0.15, 0.2) is 0 Å². The van der Waals surface area contributed by atoms with E-state index in [1.54, 1.807) is 0 Å². The van der Waals surface area contributed by atoms with Crippen molar-refractivity contribution in [2.45, 2.75) is 45.7 Å². The molecule has 120 valence electrons. The molecule has 1 fully saturated rings. The van der Waals surface area contributed by atoms with Crippen LogP contribution in [-0.4, -0.2) is 86.7 Å². The van der Waals surface area contributed by atoms with Crippen LogP contribution in [0.15, 0.2) is 0 Å². The molecule has 0 bridgehead atoms. The van der Waals surface area contributed by atoms with Crippen LogP contribution in [0.3, 0.4) is 0 Å². The molecule has 1 saturated heterocycles. The van der Waals surface area contributed by atoms with Crippen molar-refractivity contribution in [1.29, 1.82) is 0 Å². The van der Waals surface area contributed by atoms with Crippen molar-refractivity contribution < 1.29 is 0 Å². The van der Waals surface area contributed by atoms with Crippen LogP contribution in [0.1, 0.15) is 33.6 Å². The Morgan fingerprint density at radius 3 is 2.30 bits per heavy atom. The first-order chi connectivity index (χ1) is 9.52. The Morgan fingerprint density at radius 1 is 1.10 bits per heavy atom. The number of nitrogens with one attached hydrogen (secondary N) is 1. The fourth-order valence-corrected chi connectivity index (χ4v) is 2.81. The highest BCUT2D eigenvalue weighted by molar-refractivity contribution is 4.78. The maximum Gasteiger partial charge on any atom is 0.0193 e. The normalized spacial score (nSPS) is 21.3. The van der Waals surface area contributed by atoms with Crippen molar-refractivity contribution in [2.75, 3.05) is 59.9 Å². The third-order valence-corrected chi connectivity index (χ3v) is 4.38. The maximum absolute atomic E-state index is 3.67. The van der Waals surface area contributed by atoms with Crippen LogP contribution in [0, 0.1) is 0 Å². The van der Waals surface area contributed by atoms with Crippen molar-refractivity contribution in [3.05, 3.63) is 0 Å². The standard InChI is InChI=1S/C16H36N4/c1-6-7-15(2)17-14-16(3)20-12-10-19(11-13-20)9-8-18(4)5/h15-17H,6-14H2,1-5H3. The van der Waals surface area contributed by atoms with Crippen molar-refractivity contribution in [3.8, 4) is 0 Å². The predicted octanol–water partition coefficient (Wildman–Crippen LogP) is 1.33. The van der Waals surface area contributed by atoms with E-state index in [-0.39, 0.29) is 0 Å². The third kappa shape index (κ3) is 7.02. The summed E-state index contributed by atoms with van der Waals surface area (Å²) in [6, 6.07) is 1.31. The van der Waals surface area contributed by atoms with E-state index in [2.05, 4.69) is 54.9 Å². The van der Waals surface area contributed by atoms with Crippen LogP contribution in [0.5, 0.6) is 0 Å². The molecule has 1 heterocycles. The van der Waals surface area contributed by atoms with Crippen molar-refractivity contribution in [3.63, 3.8) is 0 Å². The third-order valence-electron chi connectivity index (χ3n) is 4.38. The van der Waals surface area contributed by atoms with E-state index < -0.39 is 0 Å². The zero-order valence-electron chi connectivity index (χ0n) is 14.4. The Hall–Kier alpha value is -0.160. The van der Waals surface area contributed by atoms with Crippen LogP contribution in [-0.2, 0) is 0 Å². The number of piperazine rings is 1. The topological polar surface area (TPSA) is 21.8 Å². The molecule has 2 atom stereocenters. The van der Waals surface area contributed by atoms with Gasteiger partial charge in [0, 0.05) is 57.9 Å². The van der Waals surface area contributed by atoms with E-state index in [9.17, 15) is 0 Å². The Morgan fingerprint density at radius 2 is 1.75 bits per heavy atom. The van der Waals surface area contributed by atoms with Crippen LogP contribution < -0.4 is 5.32 Å². The Balaban J connectivity index is 2.16. The van der Waals surface area contributed by atoms with Gasteiger partial charge in [0.1, 0.15) is 0 Å². The molecule has 0 amide bonds. The van der Waals surface area contributed by atoms with Gasteiger partial charge in [0.25, 0.3) is 0 Å². The summed E-state index contributed by atoms with van der Waals surface area (Å²) in [4.78, 5) is 7.50. The van der Waals surface area contributed by atoms with Crippen molar-refractivity contribution in [2.24, 2.45) is 0 Å². The monoisotopic (exact) mass is 284 g/mol. The molecule has 0 aromatic carbocycles. The Bertz CT molecular complexity index is 237. The van der Waals surface area contributed by atoms with Gasteiger partial charge in [-0.3, -0.25) is 9.80 Å². The smallest absolute Gasteiger partial charge is 0.0193 e. The summed E-state index contributed by atoms with van der Waals surface area (Å²) in [7, 11) is 4.31. The molecule has 2 unspecified atom stereocenters. The molecule has 4 heteroatoms. The number of nitrogens with zero attached hydrogens (tertiary/aromatic N) is 3. The SMILES string of the molecule is CCCC(C)NCC(C)N1CCN(CCN(C)C)CC1. The van der Waals surface area contributed by atoms with Crippen LogP contribution in [0.25, 0.3) is 0 Å². The number of hydrogen-bond acceptors (Lipinski definition) is 4. The zero-order valence-corrected chi connectivity index (χ0v) is 14.4. The van der Waals surface area contributed by atoms with Gasteiger partial charge in [0.05, 0.1) is 0 Å². The predicted molar refractivity (Wildman–Crippen MR) is 88.4 cm³/mol. The molecule has 0 radical (unpaired) electrons. The second-order valence-corrected chi connectivity index (χ2v) is 6.63. The first-order valence-corrected chi connectivity index (χ1v) is 8.37. The summed E-state index contributed by atoms with van der Waals surface area (Å²) in [5.74, 6) is 0. The number of rotatable bonds is 9. The number of hydrogen-bond donors (Lipinski definition) is 1. The average Bonchev–Trinajstić information content (AvgIpc) is 2.43. The highest BCUT2D eigenvalue weighted by atomic mass is 15.3. The highest BCUT2D eigenvalue weighted by Gasteiger charge is 2.20. The molecular formula is C16H36N4. The van der Waals surface area contributed by atoms with Crippen LogP contribution in [0.4, 0.5) is 0 Å². The van der Waals surface area contributed by atoms with E-state index >= 15 is 0 Å². The van der Waals surface area contributed by atoms with Gasteiger partial charge in [-0.15, -0.1) is 0 Å². The molecule has 0 aliphatic carbocycles. The lowest BCUT2D eigenvalue weighted by Gasteiger charge is -2.38. The fourth-order valence-electron chi connectivity index (χ4n) is 2.81. The van der Waals surface area contributed by atoms with Crippen molar-refractivity contribution >= 4 is 0 Å². The largest absolute Gasteiger partial charge is 0.313 e. The molecule has 0 spiro atoms. The van der Waals surface area contributed by atoms with Crippen LogP contribution in [0.2, 0.25) is 0 Å². The van der Waals surface area contributed by atoms with Gasteiger partial charge in [-0.25, -0.2) is 0 Å². The van der Waals surface area contributed by atoms with E-state index in [1.165, 1.54) is 52.1 Å². The molecule has 4 nitrogen and oxygen atoms in total. The van der Waals surface area contributed by atoms with E-state index in [1.807, 2.05) is 0 Å². The minimum absolute atomic E-state index is 0.656. The number of likely N-dealkylation sites (N-methyl/N-ethyl adjacent to an activating group) is 1. The molecule has 1 N–H and O–H groups in total. The summed E-state index contributed by atoms with van der Waals surface area (Å²) in [5, 5.41) is 3.67. The molecule has 0 aromatic heterocycles. The second kappa shape index (κ2) is 9.72. The summed E-state index contributed by atoms with van der Waals surface area (Å²) in [6.45, 7) is 15.3. The minimum atomic E-state index is 0.656. The van der Waals surface area contributed by atoms with Gasteiger partial charge in [0.2, 0.25) is 0 Å². The maximum atomic E-state index is 3.67.